The van der Waals surface area contributed by atoms with Crippen molar-refractivity contribution in [3.05, 3.63) is 5.92 Å². The summed E-state index contributed by atoms with van der Waals surface area (Å²) in [7, 11) is 0. The lowest BCUT2D eigenvalue weighted by atomic mass is 9.99. The van der Waals surface area contributed by atoms with Crippen LogP contribution >= 0.6 is 0 Å². The molecule has 0 aromatic heterocycles. The molecule has 0 bridgehead atoms. The second-order valence-corrected chi connectivity index (χ2v) is 6.42. The quantitative estimate of drug-likeness (QED) is 0.710. The molecule has 2 heterocycles. The van der Waals surface area contributed by atoms with E-state index >= 15 is 0 Å². The summed E-state index contributed by atoms with van der Waals surface area (Å²) in [5.41, 5.74) is 0. The van der Waals surface area contributed by atoms with E-state index in [0.717, 1.165) is 44.7 Å². The van der Waals surface area contributed by atoms with Gasteiger partial charge in [-0.2, -0.15) is 0 Å². The summed E-state index contributed by atoms with van der Waals surface area (Å²) in [4.78, 5) is 2.73. The van der Waals surface area contributed by atoms with E-state index in [1.165, 1.54) is 32.1 Å². The molecule has 0 unspecified atom stereocenters. The Kier molecular flexibility index (Phi) is 3.10. The lowest BCUT2D eigenvalue weighted by Crippen LogP contribution is -2.58. The van der Waals surface area contributed by atoms with Crippen LogP contribution in [0.4, 0.5) is 0 Å². The molecular formula is C15H24NO2. The van der Waals surface area contributed by atoms with E-state index in [4.69, 9.17) is 9.47 Å². The van der Waals surface area contributed by atoms with E-state index in [2.05, 4.69) is 4.90 Å². The van der Waals surface area contributed by atoms with Gasteiger partial charge in [-0.3, -0.25) is 4.90 Å². The van der Waals surface area contributed by atoms with E-state index in [1.807, 2.05) is 5.92 Å². The molecule has 2 saturated carbocycles. The van der Waals surface area contributed by atoms with Gasteiger partial charge < -0.3 is 9.47 Å². The zero-order chi connectivity index (χ0) is 11.9. The molecule has 4 fully saturated rings. The summed E-state index contributed by atoms with van der Waals surface area (Å²) < 4.78 is 11.6. The van der Waals surface area contributed by atoms with Crippen molar-refractivity contribution in [2.75, 3.05) is 26.4 Å². The number of ether oxygens (including phenoxy) is 2. The molecule has 1 radical (unpaired) electrons. The van der Waals surface area contributed by atoms with Crippen LogP contribution in [-0.4, -0.2) is 49.5 Å². The van der Waals surface area contributed by atoms with E-state index in [-0.39, 0.29) is 0 Å². The first-order valence-corrected chi connectivity index (χ1v) is 7.71. The fourth-order valence-electron chi connectivity index (χ4n) is 4.64. The Balaban J connectivity index is 1.46. The Hall–Kier alpha value is -0.120. The minimum atomic E-state index is 0.443. The first kappa shape index (κ1) is 11.7. The second-order valence-electron chi connectivity index (χ2n) is 6.42. The monoisotopic (exact) mass is 250 g/mol. The summed E-state index contributed by atoms with van der Waals surface area (Å²) in [6.45, 7) is 3.83. The highest BCUT2D eigenvalue weighted by molar-refractivity contribution is 5.12. The average molecular weight is 250 g/mol. The van der Waals surface area contributed by atoms with Crippen molar-refractivity contribution in [1.82, 2.24) is 4.90 Å². The Morgan fingerprint density at radius 2 is 2.17 bits per heavy atom. The largest absolute Gasteiger partial charge is 0.380 e. The molecule has 4 atom stereocenters. The number of rotatable bonds is 1. The highest BCUT2D eigenvalue weighted by Crippen LogP contribution is 2.48. The first-order chi connectivity index (χ1) is 8.92. The van der Waals surface area contributed by atoms with Gasteiger partial charge in [0.2, 0.25) is 0 Å². The van der Waals surface area contributed by atoms with E-state index in [1.54, 1.807) is 0 Å². The molecule has 2 aliphatic heterocycles. The molecular weight excluding hydrogens is 226 g/mol. The maximum Gasteiger partial charge on any atom is 0.0775 e. The van der Waals surface area contributed by atoms with Crippen LogP contribution in [0.1, 0.15) is 38.5 Å². The molecule has 18 heavy (non-hydrogen) atoms. The average Bonchev–Trinajstić information content (AvgIpc) is 2.99. The van der Waals surface area contributed by atoms with Gasteiger partial charge in [-0.1, -0.05) is 6.42 Å². The van der Waals surface area contributed by atoms with Crippen LogP contribution in [0.2, 0.25) is 0 Å². The third kappa shape index (κ3) is 1.91. The van der Waals surface area contributed by atoms with Gasteiger partial charge in [0, 0.05) is 19.2 Å². The highest BCUT2D eigenvalue weighted by atomic mass is 16.5. The third-order valence-corrected chi connectivity index (χ3v) is 5.52. The molecule has 3 heteroatoms. The van der Waals surface area contributed by atoms with Gasteiger partial charge in [0.1, 0.15) is 0 Å². The number of nitrogens with zero attached hydrogens (tertiary/aromatic N) is 1. The van der Waals surface area contributed by atoms with Gasteiger partial charge in [-0.05, 0) is 43.9 Å². The fourth-order valence-corrected chi connectivity index (χ4v) is 4.64. The van der Waals surface area contributed by atoms with Crippen LogP contribution in [0.15, 0.2) is 0 Å². The van der Waals surface area contributed by atoms with Crippen LogP contribution in [0.3, 0.4) is 0 Å². The molecule has 2 aliphatic carbocycles. The lowest BCUT2D eigenvalue weighted by Gasteiger charge is -2.46. The van der Waals surface area contributed by atoms with Crippen molar-refractivity contribution in [3.63, 3.8) is 0 Å². The molecule has 0 N–H and O–H groups in total. The van der Waals surface area contributed by atoms with Gasteiger partial charge in [0.05, 0.1) is 25.4 Å². The molecule has 4 aliphatic rings. The van der Waals surface area contributed by atoms with Gasteiger partial charge in [0.25, 0.3) is 0 Å². The van der Waals surface area contributed by atoms with Crippen LogP contribution in [0.25, 0.3) is 0 Å². The summed E-state index contributed by atoms with van der Waals surface area (Å²) in [5, 5.41) is 0. The normalized spacial score (nSPS) is 46.0. The first-order valence-electron chi connectivity index (χ1n) is 7.71. The fraction of sp³-hybridized carbons (Fsp3) is 0.933. The molecule has 0 amide bonds. The van der Waals surface area contributed by atoms with Crippen molar-refractivity contribution >= 4 is 0 Å². The summed E-state index contributed by atoms with van der Waals surface area (Å²) in [6, 6.07) is 1.33. The molecule has 2 saturated heterocycles. The lowest BCUT2D eigenvalue weighted by molar-refractivity contribution is -0.142. The predicted molar refractivity (Wildman–Crippen MR) is 69.3 cm³/mol. The zero-order valence-electron chi connectivity index (χ0n) is 11.1. The number of morpholine rings is 1. The van der Waals surface area contributed by atoms with E-state index in [0.29, 0.717) is 12.1 Å². The molecule has 0 aromatic carbocycles. The molecule has 3 nitrogen and oxygen atoms in total. The van der Waals surface area contributed by atoms with Gasteiger partial charge >= 0.3 is 0 Å². The predicted octanol–water partition coefficient (Wildman–Crippen LogP) is 2.01. The van der Waals surface area contributed by atoms with E-state index in [9.17, 15) is 0 Å². The van der Waals surface area contributed by atoms with Crippen molar-refractivity contribution in [1.29, 1.82) is 0 Å². The maximum atomic E-state index is 5.94. The van der Waals surface area contributed by atoms with Crippen molar-refractivity contribution in [2.45, 2.75) is 56.7 Å². The smallest absolute Gasteiger partial charge is 0.0775 e. The van der Waals surface area contributed by atoms with Crippen molar-refractivity contribution in [2.24, 2.45) is 5.92 Å². The maximum absolute atomic E-state index is 5.94. The minimum absolute atomic E-state index is 0.443. The Morgan fingerprint density at radius 3 is 3.11 bits per heavy atom. The van der Waals surface area contributed by atoms with Crippen LogP contribution < -0.4 is 0 Å². The molecule has 0 spiro atoms. The highest BCUT2D eigenvalue weighted by Gasteiger charge is 2.44. The Bertz CT molecular complexity index is 295. The Labute approximate surface area is 110 Å². The van der Waals surface area contributed by atoms with Crippen LogP contribution in [0.5, 0.6) is 0 Å². The summed E-state index contributed by atoms with van der Waals surface area (Å²) in [6.07, 6.45) is 8.64. The SMILES string of the molecule is C1C[C]2C[C@H](N3CCO[C@H]4CCOC[C@@H]43)C[C@H]2C1. The van der Waals surface area contributed by atoms with Gasteiger partial charge in [-0.25, -0.2) is 0 Å². The van der Waals surface area contributed by atoms with Gasteiger partial charge in [-0.15, -0.1) is 0 Å². The Morgan fingerprint density at radius 1 is 1.17 bits per heavy atom. The van der Waals surface area contributed by atoms with Crippen molar-refractivity contribution in [3.8, 4) is 0 Å². The van der Waals surface area contributed by atoms with Crippen LogP contribution in [0, 0.1) is 11.8 Å². The van der Waals surface area contributed by atoms with Crippen molar-refractivity contribution < 1.29 is 9.47 Å². The summed E-state index contributed by atoms with van der Waals surface area (Å²) in [5.74, 6) is 2.83. The molecule has 0 aromatic rings. The van der Waals surface area contributed by atoms with Crippen LogP contribution in [-0.2, 0) is 9.47 Å². The topological polar surface area (TPSA) is 21.7 Å². The summed E-state index contributed by atoms with van der Waals surface area (Å²) >= 11 is 0. The minimum Gasteiger partial charge on any atom is -0.380 e. The standard InChI is InChI=1S/C15H24NO2/c1-2-11-8-13(9-12(11)3-1)16-5-7-18-15-4-6-17-10-14(15)16/h11,13-15H,1-10H2/t11-,13-,14+,15+/m1/s1. The number of fused-ring (bicyclic) bond motifs is 2. The molecule has 4 rings (SSSR count). The second kappa shape index (κ2) is 4.77. The van der Waals surface area contributed by atoms with E-state index < -0.39 is 0 Å². The number of hydrogen-bond acceptors (Lipinski definition) is 3. The number of hydrogen-bond donors (Lipinski definition) is 0. The zero-order valence-corrected chi connectivity index (χ0v) is 11.1. The van der Waals surface area contributed by atoms with Gasteiger partial charge in [0.15, 0.2) is 0 Å². The third-order valence-electron chi connectivity index (χ3n) is 5.52. The molecule has 101 valence electrons.